The van der Waals surface area contributed by atoms with Crippen molar-refractivity contribution in [1.82, 2.24) is 35.5 Å². The minimum absolute atomic E-state index is 0.0216. The van der Waals surface area contributed by atoms with Gasteiger partial charge in [-0.1, -0.05) is 12.1 Å². The van der Waals surface area contributed by atoms with Crippen LogP contribution in [0.4, 0.5) is 5.69 Å². The SMILES string of the molecule is Cc1ccc(-c2cccc3[nH]c(-c4n[nH]c5ccc(-c6cncc(NC(=O)CC7CCNCC7)c6)nc45)nc23)s1. The maximum absolute atomic E-state index is 12.7. The number of para-hydroxylation sites is 1. The number of rotatable bonds is 6. The average molecular weight is 549 g/mol. The molecule has 1 amide bonds. The van der Waals surface area contributed by atoms with Crippen LogP contribution in [0.15, 0.2) is 60.9 Å². The van der Waals surface area contributed by atoms with E-state index in [9.17, 15) is 4.79 Å². The summed E-state index contributed by atoms with van der Waals surface area (Å²) in [5.74, 6) is 1.10. The molecule has 0 aliphatic carbocycles. The van der Waals surface area contributed by atoms with Gasteiger partial charge in [-0.05, 0) is 75.2 Å². The molecule has 7 rings (SSSR count). The summed E-state index contributed by atoms with van der Waals surface area (Å²) in [5.41, 5.74) is 7.35. The van der Waals surface area contributed by atoms with Crippen LogP contribution < -0.4 is 10.6 Å². The Morgan fingerprint density at radius 1 is 1.02 bits per heavy atom. The van der Waals surface area contributed by atoms with Crippen LogP contribution >= 0.6 is 11.3 Å². The maximum atomic E-state index is 12.7. The first-order valence-electron chi connectivity index (χ1n) is 13.5. The molecule has 6 heterocycles. The van der Waals surface area contributed by atoms with Gasteiger partial charge in [-0.2, -0.15) is 5.10 Å². The number of thiophene rings is 1. The van der Waals surface area contributed by atoms with E-state index < -0.39 is 0 Å². The number of pyridine rings is 2. The lowest BCUT2D eigenvalue weighted by atomic mass is 9.94. The minimum atomic E-state index is 0.0216. The standard InChI is InChI=1S/C30H28N8OS/c1-17-5-8-25(40-17)21-3-2-4-23-27(21)36-30(35-23)29-28-24(37-38-29)7-6-22(34-28)19-14-20(16-32-15-19)33-26(39)13-18-9-11-31-12-10-18/h2-8,14-16,18,31H,9-13H2,1H3,(H,33,39)(H,35,36)(H,37,38). The lowest BCUT2D eigenvalue weighted by molar-refractivity contribution is -0.117. The zero-order chi connectivity index (χ0) is 27.1. The second-order valence-corrected chi connectivity index (χ2v) is 11.6. The molecule has 0 spiro atoms. The van der Waals surface area contributed by atoms with Gasteiger partial charge < -0.3 is 15.6 Å². The molecule has 1 aliphatic rings. The molecule has 1 saturated heterocycles. The van der Waals surface area contributed by atoms with Gasteiger partial charge in [-0.3, -0.25) is 14.9 Å². The van der Waals surface area contributed by atoms with Crippen molar-refractivity contribution >= 4 is 45.0 Å². The van der Waals surface area contributed by atoms with Gasteiger partial charge in [-0.15, -0.1) is 11.3 Å². The third-order valence-electron chi connectivity index (χ3n) is 7.40. The zero-order valence-corrected chi connectivity index (χ0v) is 22.8. The molecule has 6 aromatic rings. The van der Waals surface area contributed by atoms with E-state index in [1.165, 1.54) is 9.75 Å². The number of hydrogen-bond donors (Lipinski definition) is 4. The number of nitrogens with zero attached hydrogens (tertiary/aromatic N) is 4. The van der Waals surface area contributed by atoms with Crippen LogP contribution in [0.1, 0.15) is 24.1 Å². The number of imidazole rings is 1. The molecule has 0 radical (unpaired) electrons. The number of piperidine rings is 1. The van der Waals surface area contributed by atoms with Gasteiger partial charge in [0.25, 0.3) is 0 Å². The highest BCUT2D eigenvalue weighted by atomic mass is 32.1. The number of benzene rings is 1. The van der Waals surface area contributed by atoms with Gasteiger partial charge in [0.05, 0.1) is 34.1 Å². The third-order valence-corrected chi connectivity index (χ3v) is 8.44. The first-order valence-corrected chi connectivity index (χ1v) is 14.3. The van der Waals surface area contributed by atoms with Crippen LogP contribution in [0.2, 0.25) is 0 Å². The number of fused-ring (bicyclic) bond motifs is 2. The predicted molar refractivity (Wildman–Crippen MR) is 159 cm³/mol. The molecule has 1 aliphatic heterocycles. The lowest BCUT2D eigenvalue weighted by Gasteiger charge is -2.21. The molecule has 1 aromatic carbocycles. The Morgan fingerprint density at radius 2 is 1.93 bits per heavy atom. The van der Waals surface area contributed by atoms with Gasteiger partial charge >= 0.3 is 0 Å². The summed E-state index contributed by atoms with van der Waals surface area (Å²) in [5, 5.41) is 14.0. The highest BCUT2D eigenvalue weighted by Gasteiger charge is 2.19. The van der Waals surface area contributed by atoms with E-state index in [4.69, 9.17) is 9.97 Å². The number of aryl methyl sites for hydroxylation is 1. The van der Waals surface area contributed by atoms with Crippen molar-refractivity contribution in [2.24, 2.45) is 5.92 Å². The van der Waals surface area contributed by atoms with Crippen LogP contribution in [-0.4, -0.2) is 49.1 Å². The van der Waals surface area contributed by atoms with Crippen molar-refractivity contribution in [2.75, 3.05) is 18.4 Å². The lowest BCUT2D eigenvalue weighted by Crippen LogP contribution is -2.30. The van der Waals surface area contributed by atoms with E-state index in [-0.39, 0.29) is 5.91 Å². The van der Waals surface area contributed by atoms with Crippen molar-refractivity contribution in [2.45, 2.75) is 26.2 Å². The van der Waals surface area contributed by atoms with Crippen molar-refractivity contribution in [3.05, 3.63) is 65.8 Å². The minimum Gasteiger partial charge on any atom is -0.336 e. The second kappa shape index (κ2) is 10.3. The first kappa shape index (κ1) is 24.6. The number of carbonyl (C=O) groups is 1. The summed E-state index contributed by atoms with van der Waals surface area (Å²) in [6.07, 6.45) is 6.02. The normalized spacial score (nSPS) is 14.2. The molecule has 0 atom stereocenters. The molecular weight excluding hydrogens is 520 g/mol. The predicted octanol–water partition coefficient (Wildman–Crippen LogP) is 5.93. The van der Waals surface area contributed by atoms with Crippen molar-refractivity contribution < 1.29 is 4.79 Å². The van der Waals surface area contributed by atoms with E-state index >= 15 is 0 Å². The Balaban J connectivity index is 1.19. The number of carbonyl (C=O) groups excluding carboxylic acids is 1. The summed E-state index contributed by atoms with van der Waals surface area (Å²) in [6.45, 7) is 4.06. The average Bonchev–Trinajstić information content (AvgIpc) is 3.71. The van der Waals surface area contributed by atoms with Crippen molar-refractivity contribution in [3.63, 3.8) is 0 Å². The monoisotopic (exact) mass is 548 g/mol. The Morgan fingerprint density at radius 3 is 2.77 bits per heavy atom. The molecule has 200 valence electrons. The fourth-order valence-electron chi connectivity index (χ4n) is 5.36. The summed E-state index contributed by atoms with van der Waals surface area (Å²) in [7, 11) is 0. The molecule has 0 bridgehead atoms. The van der Waals surface area contributed by atoms with Gasteiger partial charge in [0.2, 0.25) is 5.91 Å². The van der Waals surface area contributed by atoms with E-state index in [1.54, 1.807) is 23.7 Å². The zero-order valence-electron chi connectivity index (χ0n) is 22.0. The maximum Gasteiger partial charge on any atom is 0.224 e. The third kappa shape index (κ3) is 4.76. The summed E-state index contributed by atoms with van der Waals surface area (Å²) in [6, 6.07) is 16.2. The number of amides is 1. The van der Waals surface area contributed by atoms with Gasteiger partial charge in [0, 0.05) is 33.5 Å². The molecule has 1 fully saturated rings. The number of aromatic amines is 2. The van der Waals surface area contributed by atoms with Crippen molar-refractivity contribution in [3.8, 4) is 33.2 Å². The Labute approximate surface area is 234 Å². The molecule has 0 unspecified atom stereocenters. The Kier molecular flexibility index (Phi) is 6.33. The van der Waals surface area contributed by atoms with Gasteiger partial charge in [-0.25, -0.2) is 9.97 Å². The Bertz CT molecular complexity index is 1850. The van der Waals surface area contributed by atoms with Crippen LogP contribution in [-0.2, 0) is 4.79 Å². The van der Waals surface area contributed by atoms with Crippen molar-refractivity contribution in [1.29, 1.82) is 0 Å². The fraction of sp³-hybridized carbons (Fsp3) is 0.233. The highest BCUT2D eigenvalue weighted by Crippen LogP contribution is 2.35. The number of anilines is 1. The molecule has 9 nitrogen and oxygen atoms in total. The van der Waals surface area contributed by atoms with E-state index in [2.05, 4.69) is 55.9 Å². The summed E-state index contributed by atoms with van der Waals surface area (Å²) < 4.78 is 0. The molecule has 0 saturated carbocycles. The van der Waals surface area contributed by atoms with Crippen LogP contribution in [0, 0.1) is 12.8 Å². The summed E-state index contributed by atoms with van der Waals surface area (Å²) in [4.78, 5) is 32.8. The van der Waals surface area contributed by atoms with Crippen LogP contribution in [0.5, 0.6) is 0 Å². The number of H-pyrrole nitrogens is 2. The molecule has 10 heteroatoms. The van der Waals surface area contributed by atoms with Gasteiger partial charge in [0.1, 0.15) is 5.52 Å². The quantitative estimate of drug-likeness (QED) is 0.205. The van der Waals surface area contributed by atoms with Gasteiger partial charge in [0.15, 0.2) is 11.5 Å². The molecule has 4 N–H and O–H groups in total. The molecule has 5 aromatic heterocycles. The second-order valence-electron chi connectivity index (χ2n) is 10.3. The smallest absolute Gasteiger partial charge is 0.224 e. The number of hydrogen-bond acceptors (Lipinski definition) is 7. The van der Waals surface area contributed by atoms with E-state index in [0.29, 0.717) is 35.1 Å². The Hall–Kier alpha value is -4.41. The molecular formula is C30H28N8OS. The van der Waals surface area contributed by atoms with Crippen LogP contribution in [0.3, 0.4) is 0 Å². The van der Waals surface area contributed by atoms with E-state index in [1.807, 2.05) is 30.3 Å². The first-order chi connectivity index (χ1) is 19.6. The van der Waals surface area contributed by atoms with Crippen LogP contribution in [0.25, 0.3) is 55.3 Å². The summed E-state index contributed by atoms with van der Waals surface area (Å²) >= 11 is 1.75. The van der Waals surface area contributed by atoms with E-state index in [0.717, 1.165) is 59.3 Å². The fourth-order valence-corrected chi connectivity index (χ4v) is 6.25. The topological polar surface area (TPSA) is 124 Å². The highest BCUT2D eigenvalue weighted by molar-refractivity contribution is 7.15. The number of nitrogens with one attached hydrogen (secondary N) is 4. The largest absolute Gasteiger partial charge is 0.336 e. The molecule has 40 heavy (non-hydrogen) atoms. The number of aromatic nitrogens is 6.